The van der Waals surface area contributed by atoms with E-state index in [1.807, 2.05) is 58.2 Å². The van der Waals surface area contributed by atoms with Crippen molar-refractivity contribution in [3.05, 3.63) is 71.6 Å². The van der Waals surface area contributed by atoms with Gasteiger partial charge in [0.15, 0.2) is 5.65 Å². The maximum absolute atomic E-state index is 13.0. The number of nitrogens with zero attached hydrogens (tertiary/aromatic N) is 6. The number of carbonyl (C=O) groups is 1. The largest absolute Gasteiger partial charge is 0.354 e. The number of anilines is 2. The van der Waals surface area contributed by atoms with Gasteiger partial charge in [-0.2, -0.15) is 5.10 Å². The van der Waals surface area contributed by atoms with Crippen molar-refractivity contribution in [1.29, 1.82) is 0 Å². The first kappa shape index (κ1) is 25.0. The summed E-state index contributed by atoms with van der Waals surface area (Å²) in [6, 6.07) is 17.1. The van der Waals surface area contributed by atoms with Crippen LogP contribution in [0, 0.1) is 0 Å². The van der Waals surface area contributed by atoms with Crippen molar-refractivity contribution in [1.82, 2.24) is 24.6 Å². The van der Waals surface area contributed by atoms with Crippen LogP contribution in [0.1, 0.15) is 44.9 Å². The third-order valence-corrected chi connectivity index (χ3v) is 7.02. The molecule has 3 heterocycles. The van der Waals surface area contributed by atoms with E-state index in [0.717, 1.165) is 59.9 Å². The molecule has 0 bridgehead atoms. The fourth-order valence-electron chi connectivity index (χ4n) is 4.76. The molecule has 5 rings (SSSR count). The smallest absolute Gasteiger partial charge is 0.321 e. The molecule has 0 spiro atoms. The molecule has 4 aromatic rings. The Labute approximate surface area is 222 Å². The highest BCUT2D eigenvalue weighted by molar-refractivity contribution is 6.30. The molecule has 1 unspecified atom stereocenters. The number of nitrogens with one attached hydrogen (secondary N) is 1. The molecule has 0 aliphatic carbocycles. The predicted molar refractivity (Wildman–Crippen MR) is 149 cm³/mol. The van der Waals surface area contributed by atoms with Crippen LogP contribution in [0.25, 0.3) is 16.7 Å². The van der Waals surface area contributed by atoms with Crippen LogP contribution in [0.15, 0.2) is 60.8 Å². The van der Waals surface area contributed by atoms with Gasteiger partial charge in [-0.3, -0.25) is 0 Å². The van der Waals surface area contributed by atoms with Crippen molar-refractivity contribution < 1.29 is 4.79 Å². The number of aromatic nitrogens is 4. The summed E-state index contributed by atoms with van der Waals surface area (Å²) in [5.41, 5.74) is 2.52. The van der Waals surface area contributed by atoms with Gasteiger partial charge in [-0.1, -0.05) is 50.1 Å². The van der Waals surface area contributed by atoms with Gasteiger partial charge in [-0.25, -0.2) is 19.4 Å². The molecular weight excluding hydrogens is 486 g/mol. The van der Waals surface area contributed by atoms with Crippen LogP contribution in [0.3, 0.4) is 0 Å². The fraction of sp³-hybridized carbons (Fsp3) is 0.357. The number of urea groups is 1. The van der Waals surface area contributed by atoms with Crippen molar-refractivity contribution in [2.75, 3.05) is 36.4 Å². The first-order valence-corrected chi connectivity index (χ1v) is 13.3. The number of fused-ring (bicyclic) bond motifs is 1. The van der Waals surface area contributed by atoms with Gasteiger partial charge in [0.05, 0.1) is 17.3 Å². The maximum atomic E-state index is 13.0. The van der Waals surface area contributed by atoms with Crippen LogP contribution >= 0.6 is 11.6 Å². The summed E-state index contributed by atoms with van der Waals surface area (Å²) in [6.45, 7) is 7.11. The SMILES string of the molecule is CCCC(C)c1nc(N2CCCN(C(=O)Nc3ccc(Cl)cc3)CC2)c2cnn(-c3ccccc3)c2n1. The average Bonchev–Trinajstić information content (AvgIpc) is 3.19. The van der Waals surface area contributed by atoms with Gasteiger partial charge in [0.25, 0.3) is 0 Å². The molecule has 1 aliphatic heterocycles. The number of carbonyl (C=O) groups excluding carboxylic acids is 1. The lowest BCUT2D eigenvalue weighted by Crippen LogP contribution is -2.38. The van der Waals surface area contributed by atoms with E-state index in [1.54, 1.807) is 12.1 Å². The van der Waals surface area contributed by atoms with Crippen molar-refractivity contribution in [3.8, 4) is 5.69 Å². The topological polar surface area (TPSA) is 79.2 Å². The third-order valence-electron chi connectivity index (χ3n) is 6.77. The molecule has 37 heavy (non-hydrogen) atoms. The minimum Gasteiger partial charge on any atom is -0.354 e. The van der Waals surface area contributed by atoms with Crippen molar-refractivity contribution in [3.63, 3.8) is 0 Å². The second-order valence-corrected chi connectivity index (χ2v) is 9.93. The molecule has 9 heteroatoms. The van der Waals surface area contributed by atoms with Crippen molar-refractivity contribution >= 4 is 40.2 Å². The Morgan fingerprint density at radius 3 is 2.57 bits per heavy atom. The van der Waals surface area contributed by atoms with E-state index in [9.17, 15) is 4.79 Å². The summed E-state index contributed by atoms with van der Waals surface area (Å²) in [6.07, 6.45) is 4.79. The maximum Gasteiger partial charge on any atom is 0.321 e. The normalized spacial score (nSPS) is 15.0. The molecule has 1 fully saturated rings. The first-order chi connectivity index (χ1) is 18.0. The van der Waals surface area contributed by atoms with Crippen LogP contribution in [-0.4, -0.2) is 56.9 Å². The summed E-state index contributed by atoms with van der Waals surface area (Å²) in [5, 5.41) is 9.24. The Bertz CT molecular complexity index is 1360. The van der Waals surface area contributed by atoms with E-state index in [4.69, 9.17) is 26.7 Å². The van der Waals surface area contributed by atoms with E-state index in [0.29, 0.717) is 24.7 Å². The van der Waals surface area contributed by atoms with E-state index in [-0.39, 0.29) is 11.9 Å². The lowest BCUT2D eigenvalue weighted by atomic mass is 10.1. The zero-order valence-corrected chi connectivity index (χ0v) is 22.0. The van der Waals surface area contributed by atoms with Gasteiger partial charge >= 0.3 is 6.03 Å². The lowest BCUT2D eigenvalue weighted by Gasteiger charge is -2.24. The van der Waals surface area contributed by atoms with Gasteiger partial charge in [-0.05, 0) is 49.2 Å². The number of hydrogen-bond acceptors (Lipinski definition) is 5. The fourth-order valence-corrected chi connectivity index (χ4v) is 4.89. The monoisotopic (exact) mass is 517 g/mol. The average molecular weight is 518 g/mol. The molecule has 1 saturated heterocycles. The molecule has 1 N–H and O–H groups in total. The van der Waals surface area contributed by atoms with Crippen LogP contribution in [0.4, 0.5) is 16.3 Å². The number of halogens is 1. The zero-order chi connectivity index (χ0) is 25.8. The highest BCUT2D eigenvalue weighted by Gasteiger charge is 2.24. The second kappa shape index (κ2) is 11.2. The summed E-state index contributed by atoms with van der Waals surface area (Å²) in [7, 11) is 0. The van der Waals surface area contributed by atoms with Crippen LogP contribution in [-0.2, 0) is 0 Å². The summed E-state index contributed by atoms with van der Waals surface area (Å²) in [4.78, 5) is 27.2. The molecule has 0 saturated carbocycles. The van der Waals surface area contributed by atoms with E-state index in [2.05, 4.69) is 24.1 Å². The number of hydrogen-bond donors (Lipinski definition) is 1. The Hall–Kier alpha value is -3.65. The molecule has 192 valence electrons. The zero-order valence-electron chi connectivity index (χ0n) is 21.3. The molecule has 2 amide bonds. The molecule has 2 aromatic heterocycles. The Morgan fingerprint density at radius 1 is 1.03 bits per heavy atom. The summed E-state index contributed by atoms with van der Waals surface area (Å²) < 4.78 is 1.90. The number of amides is 2. The van der Waals surface area contributed by atoms with Crippen LogP contribution in [0.5, 0.6) is 0 Å². The highest BCUT2D eigenvalue weighted by Crippen LogP contribution is 2.30. The summed E-state index contributed by atoms with van der Waals surface area (Å²) >= 11 is 5.97. The molecule has 1 atom stereocenters. The number of para-hydroxylation sites is 1. The lowest BCUT2D eigenvalue weighted by molar-refractivity contribution is 0.215. The Balaban J connectivity index is 1.42. The van der Waals surface area contributed by atoms with Crippen molar-refractivity contribution in [2.45, 2.75) is 39.0 Å². The second-order valence-electron chi connectivity index (χ2n) is 9.49. The number of benzene rings is 2. The first-order valence-electron chi connectivity index (χ1n) is 12.9. The standard InChI is InChI=1S/C28H32ClN7O/c1-3-8-20(2)25-32-26(24-19-30-36(27(24)33-25)23-9-5-4-6-10-23)34-15-7-16-35(18-17-34)28(37)31-22-13-11-21(29)12-14-22/h4-6,9-14,19-20H,3,7-8,15-18H2,1-2H3,(H,31,37). The molecule has 8 nitrogen and oxygen atoms in total. The van der Waals surface area contributed by atoms with Gasteiger partial charge in [0, 0.05) is 42.8 Å². The van der Waals surface area contributed by atoms with Crippen molar-refractivity contribution in [2.24, 2.45) is 0 Å². The van der Waals surface area contributed by atoms with Gasteiger partial charge < -0.3 is 15.1 Å². The van der Waals surface area contributed by atoms with Crippen LogP contribution in [0.2, 0.25) is 5.02 Å². The number of rotatable bonds is 6. The minimum atomic E-state index is -0.105. The summed E-state index contributed by atoms with van der Waals surface area (Å²) in [5.74, 6) is 1.97. The Kier molecular flexibility index (Phi) is 7.55. The van der Waals surface area contributed by atoms with E-state index in [1.165, 1.54) is 0 Å². The van der Waals surface area contributed by atoms with E-state index >= 15 is 0 Å². The molecule has 0 radical (unpaired) electrons. The van der Waals surface area contributed by atoms with Gasteiger partial charge in [0.2, 0.25) is 0 Å². The van der Waals surface area contributed by atoms with Gasteiger partial charge in [0.1, 0.15) is 11.6 Å². The predicted octanol–water partition coefficient (Wildman–Crippen LogP) is 6.12. The molecular formula is C28H32ClN7O. The van der Waals surface area contributed by atoms with Gasteiger partial charge in [-0.15, -0.1) is 0 Å². The van der Waals surface area contributed by atoms with Crippen LogP contribution < -0.4 is 10.2 Å². The third kappa shape index (κ3) is 5.54. The minimum absolute atomic E-state index is 0.105. The van der Waals surface area contributed by atoms with E-state index < -0.39 is 0 Å². The molecule has 2 aromatic carbocycles. The Morgan fingerprint density at radius 2 is 1.81 bits per heavy atom. The molecule has 1 aliphatic rings. The highest BCUT2D eigenvalue weighted by atomic mass is 35.5. The quantitative estimate of drug-likeness (QED) is 0.333.